The van der Waals surface area contributed by atoms with Crippen molar-refractivity contribution >= 4 is 18.3 Å². The number of nitrogens with one attached hydrogen (secondary N) is 1. The maximum atomic E-state index is 12.2. The fourth-order valence-electron chi connectivity index (χ4n) is 2.66. The number of ether oxygens (including phenoxy) is 1. The second-order valence-electron chi connectivity index (χ2n) is 5.43. The number of rotatable bonds is 5. The fraction of sp³-hybridized carbons (Fsp3) is 0.533. The third-order valence-corrected chi connectivity index (χ3v) is 3.50. The molecule has 22 heavy (non-hydrogen) atoms. The van der Waals surface area contributed by atoms with Gasteiger partial charge in [0.2, 0.25) is 5.91 Å². The zero-order valence-electron chi connectivity index (χ0n) is 12.4. The molecule has 0 bridgehead atoms. The van der Waals surface area contributed by atoms with E-state index in [9.17, 15) is 13.6 Å². The number of hydrogen-bond donors (Lipinski definition) is 2. The lowest BCUT2D eigenvalue weighted by molar-refractivity contribution is -0.122. The number of fused-ring (bicyclic) bond motifs is 1. The molecule has 0 aliphatic heterocycles. The average Bonchev–Trinajstić information content (AvgIpc) is 2.36. The maximum Gasteiger partial charge on any atom is 0.387 e. The molecule has 1 aliphatic carbocycles. The number of aryl methyl sites for hydroxylation is 1. The van der Waals surface area contributed by atoms with Gasteiger partial charge in [-0.15, -0.1) is 12.4 Å². The van der Waals surface area contributed by atoms with Crippen LogP contribution in [0.15, 0.2) is 18.2 Å². The van der Waals surface area contributed by atoms with Crippen LogP contribution >= 0.6 is 12.4 Å². The van der Waals surface area contributed by atoms with Crippen molar-refractivity contribution in [2.24, 2.45) is 5.73 Å². The molecule has 1 aliphatic rings. The van der Waals surface area contributed by atoms with Gasteiger partial charge >= 0.3 is 6.61 Å². The summed E-state index contributed by atoms with van der Waals surface area (Å²) in [5.41, 5.74) is 7.53. The standard InChI is InChI=1S/C15H20F2N2O2.ClH/c1-9(18)7-14(20)19-13-4-2-3-10-8-11(21-15(16)17)5-6-12(10)13;/h5-6,8-9,13,15H,2-4,7,18H2,1H3,(H,19,20);1H. The maximum absolute atomic E-state index is 12.2. The predicted octanol–water partition coefficient (Wildman–Crippen LogP) is 2.94. The Morgan fingerprint density at radius 3 is 2.86 bits per heavy atom. The minimum Gasteiger partial charge on any atom is -0.435 e. The highest BCUT2D eigenvalue weighted by atomic mass is 35.5. The highest BCUT2D eigenvalue weighted by molar-refractivity contribution is 5.85. The lowest BCUT2D eigenvalue weighted by atomic mass is 9.87. The third kappa shape index (κ3) is 5.10. The van der Waals surface area contributed by atoms with E-state index in [0.29, 0.717) is 0 Å². The predicted molar refractivity (Wildman–Crippen MR) is 82.4 cm³/mol. The van der Waals surface area contributed by atoms with Gasteiger partial charge < -0.3 is 15.8 Å². The van der Waals surface area contributed by atoms with Crippen molar-refractivity contribution in [1.29, 1.82) is 0 Å². The number of carbonyl (C=O) groups excluding carboxylic acids is 1. The molecule has 2 unspecified atom stereocenters. The number of amides is 1. The Kier molecular flexibility index (Phi) is 7.03. The Labute approximate surface area is 134 Å². The molecule has 124 valence electrons. The number of nitrogens with two attached hydrogens (primary N) is 1. The monoisotopic (exact) mass is 334 g/mol. The first-order valence-electron chi connectivity index (χ1n) is 7.08. The molecule has 0 spiro atoms. The lowest BCUT2D eigenvalue weighted by Crippen LogP contribution is -2.34. The molecule has 0 saturated carbocycles. The molecular weight excluding hydrogens is 314 g/mol. The van der Waals surface area contributed by atoms with Crippen molar-refractivity contribution in [1.82, 2.24) is 5.32 Å². The van der Waals surface area contributed by atoms with Crippen molar-refractivity contribution in [2.75, 3.05) is 0 Å². The van der Waals surface area contributed by atoms with Crippen molar-refractivity contribution < 1.29 is 18.3 Å². The van der Waals surface area contributed by atoms with Crippen LogP contribution in [0, 0.1) is 0 Å². The van der Waals surface area contributed by atoms with Gasteiger partial charge in [-0.05, 0) is 49.4 Å². The molecule has 3 N–H and O–H groups in total. The molecule has 0 radical (unpaired) electrons. The van der Waals surface area contributed by atoms with Gasteiger partial charge in [-0.2, -0.15) is 8.78 Å². The van der Waals surface area contributed by atoms with Crippen LogP contribution in [-0.2, 0) is 11.2 Å². The molecule has 0 aromatic heterocycles. The van der Waals surface area contributed by atoms with E-state index in [-0.39, 0.29) is 42.6 Å². The Hall–Kier alpha value is -1.40. The van der Waals surface area contributed by atoms with E-state index in [0.717, 1.165) is 30.4 Å². The largest absolute Gasteiger partial charge is 0.435 e. The molecule has 0 fully saturated rings. The van der Waals surface area contributed by atoms with E-state index in [4.69, 9.17) is 5.73 Å². The van der Waals surface area contributed by atoms with Gasteiger partial charge in [0.1, 0.15) is 5.75 Å². The summed E-state index contributed by atoms with van der Waals surface area (Å²) in [6.45, 7) is -1.05. The highest BCUT2D eigenvalue weighted by Crippen LogP contribution is 2.32. The molecule has 1 amide bonds. The van der Waals surface area contributed by atoms with Crippen molar-refractivity contribution in [3.63, 3.8) is 0 Å². The molecule has 2 rings (SSSR count). The molecule has 1 aromatic carbocycles. The Bertz CT molecular complexity index is 512. The molecule has 4 nitrogen and oxygen atoms in total. The van der Waals surface area contributed by atoms with Crippen molar-refractivity contribution in [3.05, 3.63) is 29.3 Å². The van der Waals surface area contributed by atoms with E-state index in [2.05, 4.69) is 10.1 Å². The number of carbonyl (C=O) groups is 1. The lowest BCUT2D eigenvalue weighted by Gasteiger charge is -2.27. The van der Waals surface area contributed by atoms with Gasteiger partial charge in [0.25, 0.3) is 0 Å². The number of benzene rings is 1. The van der Waals surface area contributed by atoms with Gasteiger partial charge in [0, 0.05) is 12.5 Å². The zero-order chi connectivity index (χ0) is 15.4. The molecule has 0 saturated heterocycles. The number of halogens is 3. The molecule has 7 heteroatoms. The summed E-state index contributed by atoms with van der Waals surface area (Å²) in [5, 5.41) is 2.96. The summed E-state index contributed by atoms with van der Waals surface area (Å²) >= 11 is 0. The number of hydrogen-bond acceptors (Lipinski definition) is 3. The van der Waals surface area contributed by atoms with Crippen LogP contribution in [0.4, 0.5) is 8.78 Å². The first-order chi connectivity index (χ1) is 9.95. The van der Waals surface area contributed by atoms with E-state index in [1.807, 2.05) is 0 Å². The summed E-state index contributed by atoms with van der Waals surface area (Å²) in [6, 6.07) is 4.63. The normalized spacial score (nSPS) is 18.1. The number of alkyl halides is 2. The van der Waals surface area contributed by atoms with Crippen molar-refractivity contribution in [3.8, 4) is 5.75 Å². The molecule has 2 atom stereocenters. The Balaban J connectivity index is 0.00000242. The van der Waals surface area contributed by atoms with E-state index in [1.54, 1.807) is 19.1 Å². The molecule has 1 aromatic rings. The minimum atomic E-state index is -2.83. The van der Waals surface area contributed by atoms with Crippen LogP contribution in [0.3, 0.4) is 0 Å². The van der Waals surface area contributed by atoms with Crippen LogP contribution in [-0.4, -0.2) is 18.6 Å². The Morgan fingerprint density at radius 2 is 2.23 bits per heavy atom. The van der Waals surface area contributed by atoms with Crippen LogP contribution in [0.25, 0.3) is 0 Å². The second kappa shape index (κ2) is 8.29. The van der Waals surface area contributed by atoms with Gasteiger partial charge in [-0.25, -0.2) is 0 Å². The summed E-state index contributed by atoms with van der Waals surface area (Å²) < 4.78 is 28.9. The zero-order valence-corrected chi connectivity index (χ0v) is 13.2. The molecule has 0 heterocycles. The highest BCUT2D eigenvalue weighted by Gasteiger charge is 2.22. The summed E-state index contributed by atoms with van der Waals surface area (Å²) in [5.74, 6) is 0.0714. The van der Waals surface area contributed by atoms with Crippen LogP contribution in [0.2, 0.25) is 0 Å². The SMILES string of the molecule is CC(N)CC(=O)NC1CCCc2cc(OC(F)F)ccc21.Cl. The third-order valence-electron chi connectivity index (χ3n) is 3.50. The van der Waals surface area contributed by atoms with Crippen LogP contribution in [0.5, 0.6) is 5.75 Å². The summed E-state index contributed by atoms with van der Waals surface area (Å²) in [7, 11) is 0. The topological polar surface area (TPSA) is 64.4 Å². The minimum absolute atomic E-state index is 0. The average molecular weight is 335 g/mol. The van der Waals surface area contributed by atoms with Gasteiger partial charge in [0.05, 0.1) is 6.04 Å². The van der Waals surface area contributed by atoms with E-state index < -0.39 is 6.61 Å². The van der Waals surface area contributed by atoms with Crippen LogP contribution in [0.1, 0.15) is 43.4 Å². The molecular formula is C15H21ClF2N2O2. The van der Waals surface area contributed by atoms with E-state index in [1.165, 1.54) is 6.07 Å². The summed E-state index contributed by atoms with van der Waals surface area (Å²) in [4.78, 5) is 11.8. The smallest absolute Gasteiger partial charge is 0.387 e. The van der Waals surface area contributed by atoms with Gasteiger partial charge in [0.15, 0.2) is 0 Å². The fourth-order valence-corrected chi connectivity index (χ4v) is 2.66. The first-order valence-corrected chi connectivity index (χ1v) is 7.08. The Morgan fingerprint density at radius 1 is 1.50 bits per heavy atom. The van der Waals surface area contributed by atoms with Crippen LogP contribution < -0.4 is 15.8 Å². The second-order valence-corrected chi connectivity index (χ2v) is 5.43. The van der Waals surface area contributed by atoms with Crippen molar-refractivity contribution in [2.45, 2.75) is 51.3 Å². The van der Waals surface area contributed by atoms with E-state index >= 15 is 0 Å². The summed E-state index contributed by atoms with van der Waals surface area (Å²) in [6.07, 6.45) is 2.81. The van der Waals surface area contributed by atoms with Gasteiger partial charge in [-0.3, -0.25) is 4.79 Å². The quantitative estimate of drug-likeness (QED) is 0.870. The van der Waals surface area contributed by atoms with Gasteiger partial charge in [-0.1, -0.05) is 6.07 Å². The first kappa shape index (κ1) is 18.6.